The summed E-state index contributed by atoms with van der Waals surface area (Å²) in [5.74, 6) is 1.88. The van der Waals surface area contributed by atoms with Gasteiger partial charge in [-0.2, -0.15) is 9.61 Å². The van der Waals surface area contributed by atoms with Crippen LogP contribution in [0.3, 0.4) is 0 Å². The highest BCUT2D eigenvalue weighted by atomic mass is 32.2. The summed E-state index contributed by atoms with van der Waals surface area (Å²) in [6.07, 6.45) is 0.906. The SMILES string of the molecule is CCOc1ccc(-c2nnc3ccc(SCC(=O)N4CCc5ccccc54)nn23)cc1. The van der Waals surface area contributed by atoms with Crippen LogP contribution in [0, 0.1) is 0 Å². The van der Waals surface area contributed by atoms with Gasteiger partial charge in [0.25, 0.3) is 0 Å². The lowest BCUT2D eigenvalue weighted by Gasteiger charge is -2.16. The molecule has 3 heterocycles. The van der Waals surface area contributed by atoms with E-state index in [1.807, 2.05) is 66.4 Å². The first-order valence-corrected chi connectivity index (χ1v) is 11.2. The standard InChI is InChI=1S/C23H21N5O2S/c1-2-30-18-9-7-17(8-10-18)23-25-24-20-11-12-21(26-28(20)23)31-15-22(29)27-14-13-16-5-3-4-6-19(16)27/h3-12H,2,13-15H2,1H3. The number of benzene rings is 2. The summed E-state index contributed by atoms with van der Waals surface area (Å²) in [7, 11) is 0. The largest absolute Gasteiger partial charge is 0.494 e. The number of para-hydroxylation sites is 1. The van der Waals surface area contributed by atoms with Gasteiger partial charge in [0.1, 0.15) is 10.8 Å². The summed E-state index contributed by atoms with van der Waals surface area (Å²) in [4.78, 5) is 14.7. The monoisotopic (exact) mass is 431 g/mol. The highest BCUT2D eigenvalue weighted by molar-refractivity contribution is 7.99. The van der Waals surface area contributed by atoms with Crippen molar-refractivity contribution in [3.63, 3.8) is 0 Å². The summed E-state index contributed by atoms with van der Waals surface area (Å²) < 4.78 is 7.22. The van der Waals surface area contributed by atoms with Crippen molar-refractivity contribution in [2.45, 2.75) is 18.4 Å². The molecule has 7 nitrogen and oxygen atoms in total. The molecular weight excluding hydrogens is 410 g/mol. The van der Waals surface area contributed by atoms with Gasteiger partial charge in [-0.15, -0.1) is 10.2 Å². The number of carbonyl (C=O) groups is 1. The fourth-order valence-corrected chi connectivity index (χ4v) is 4.44. The van der Waals surface area contributed by atoms with Crippen LogP contribution in [0.2, 0.25) is 0 Å². The molecule has 0 atom stereocenters. The van der Waals surface area contributed by atoms with E-state index in [9.17, 15) is 4.79 Å². The molecule has 5 rings (SSSR count). The number of carbonyl (C=O) groups excluding carboxylic acids is 1. The molecule has 31 heavy (non-hydrogen) atoms. The van der Waals surface area contributed by atoms with E-state index in [-0.39, 0.29) is 5.91 Å². The number of aromatic nitrogens is 4. The van der Waals surface area contributed by atoms with Crippen LogP contribution in [0.15, 0.2) is 65.7 Å². The summed E-state index contributed by atoms with van der Waals surface area (Å²) in [5, 5.41) is 13.9. The lowest BCUT2D eigenvalue weighted by atomic mass is 10.2. The molecule has 0 bridgehead atoms. The number of nitrogens with zero attached hydrogens (tertiary/aromatic N) is 5. The smallest absolute Gasteiger partial charge is 0.237 e. The van der Waals surface area contributed by atoms with Crippen LogP contribution in [0.1, 0.15) is 12.5 Å². The third kappa shape index (κ3) is 3.86. The molecule has 0 spiro atoms. The molecule has 2 aromatic heterocycles. The van der Waals surface area contributed by atoms with Crippen molar-refractivity contribution < 1.29 is 9.53 Å². The molecule has 0 aliphatic carbocycles. The van der Waals surface area contributed by atoms with Crippen molar-refractivity contribution in [1.29, 1.82) is 0 Å². The molecule has 0 radical (unpaired) electrons. The molecule has 0 N–H and O–H groups in total. The van der Waals surface area contributed by atoms with Crippen molar-refractivity contribution in [3.8, 4) is 17.1 Å². The third-order valence-corrected chi connectivity index (χ3v) is 6.10. The Balaban J connectivity index is 1.33. The first-order valence-electron chi connectivity index (χ1n) is 10.2. The van der Waals surface area contributed by atoms with Crippen molar-refractivity contribution >= 4 is 29.0 Å². The van der Waals surface area contributed by atoms with Gasteiger partial charge in [-0.3, -0.25) is 4.79 Å². The zero-order chi connectivity index (χ0) is 21.2. The molecule has 8 heteroatoms. The second kappa shape index (κ2) is 8.39. The molecule has 4 aromatic rings. The average Bonchev–Trinajstić information content (AvgIpc) is 3.42. The Labute approximate surface area is 184 Å². The second-order valence-electron chi connectivity index (χ2n) is 7.14. The number of thioether (sulfide) groups is 1. The summed E-state index contributed by atoms with van der Waals surface area (Å²) in [5.41, 5.74) is 3.81. The minimum atomic E-state index is 0.0901. The molecule has 0 fully saturated rings. The minimum absolute atomic E-state index is 0.0901. The Kier molecular flexibility index (Phi) is 5.30. The van der Waals surface area contributed by atoms with Gasteiger partial charge in [0.2, 0.25) is 5.91 Å². The Morgan fingerprint density at radius 2 is 1.90 bits per heavy atom. The van der Waals surface area contributed by atoms with E-state index in [0.717, 1.165) is 35.0 Å². The van der Waals surface area contributed by atoms with Crippen LogP contribution in [0.4, 0.5) is 5.69 Å². The summed E-state index contributed by atoms with van der Waals surface area (Å²) >= 11 is 1.42. The Bertz CT molecular complexity index is 1240. The van der Waals surface area contributed by atoms with E-state index < -0.39 is 0 Å². The van der Waals surface area contributed by atoms with E-state index in [2.05, 4.69) is 21.4 Å². The van der Waals surface area contributed by atoms with Gasteiger partial charge in [-0.05, 0) is 61.4 Å². The zero-order valence-corrected chi connectivity index (χ0v) is 17.9. The predicted molar refractivity (Wildman–Crippen MR) is 121 cm³/mol. The van der Waals surface area contributed by atoms with Crippen LogP contribution in [-0.4, -0.2) is 44.6 Å². The van der Waals surface area contributed by atoms with Gasteiger partial charge in [0.15, 0.2) is 11.5 Å². The Morgan fingerprint density at radius 1 is 1.06 bits per heavy atom. The number of hydrogen-bond donors (Lipinski definition) is 0. The fraction of sp³-hybridized carbons (Fsp3) is 0.217. The Hall–Kier alpha value is -3.39. The van der Waals surface area contributed by atoms with Gasteiger partial charge in [0, 0.05) is 17.8 Å². The van der Waals surface area contributed by atoms with Crippen molar-refractivity contribution in [3.05, 3.63) is 66.2 Å². The number of amides is 1. The highest BCUT2D eigenvalue weighted by Gasteiger charge is 2.24. The van der Waals surface area contributed by atoms with Crippen LogP contribution in [0.25, 0.3) is 17.0 Å². The van der Waals surface area contributed by atoms with Gasteiger partial charge < -0.3 is 9.64 Å². The molecular formula is C23H21N5O2S. The Morgan fingerprint density at radius 3 is 2.74 bits per heavy atom. The van der Waals surface area contributed by atoms with Crippen LogP contribution >= 0.6 is 11.8 Å². The van der Waals surface area contributed by atoms with Gasteiger partial charge >= 0.3 is 0 Å². The van der Waals surface area contributed by atoms with Crippen LogP contribution < -0.4 is 9.64 Å². The van der Waals surface area contributed by atoms with Gasteiger partial charge in [0.05, 0.1) is 12.4 Å². The van der Waals surface area contributed by atoms with Crippen LogP contribution in [0.5, 0.6) is 5.75 Å². The molecule has 0 saturated carbocycles. The predicted octanol–water partition coefficient (Wildman–Crippen LogP) is 3.87. The van der Waals surface area contributed by atoms with E-state index in [0.29, 0.717) is 23.8 Å². The molecule has 2 aromatic carbocycles. The van der Waals surface area contributed by atoms with Crippen molar-refractivity contribution in [2.24, 2.45) is 0 Å². The lowest BCUT2D eigenvalue weighted by Crippen LogP contribution is -2.30. The van der Waals surface area contributed by atoms with Crippen molar-refractivity contribution in [1.82, 2.24) is 19.8 Å². The molecule has 156 valence electrons. The number of ether oxygens (including phenoxy) is 1. The van der Waals surface area contributed by atoms with E-state index >= 15 is 0 Å². The summed E-state index contributed by atoms with van der Waals surface area (Å²) in [6, 6.07) is 19.5. The number of fused-ring (bicyclic) bond motifs is 2. The molecule has 0 unspecified atom stereocenters. The maximum atomic E-state index is 12.8. The first kappa shape index (κ1) is 19.6. The average molecular weight is 432 g/mol. The molecule has 0 saturated heterocycles. The highest BCUT2D eigenvalue weighted by Crippen LogP contribution is 2.29. The quantitative estimate of drug-likeness (QED) is 0.432. The number of anilines is 1. The van der Waals surface area contributed by atoms with Crippen molar-refractivity contribution in [2.75, 3.05) is 23.8 Å². The fourth-order valence-electron chi connectivity index (χ4n) is 3.71. The first-order chi connectivity index (χ1) is 15.2. The summed E-state index contributed by atoms with van der Waals surface area (Å²) in [6.45, 7) is 3.31. The number of hydrogen-bond acceptors (Lipinski definition) is 6. The van der Waals surface area contributed by atoms with Crippen LogP contribution in [-0.2, 0) is 11.2 Å². The normalized spacial score (nSPS) is 12.9. The molecule has 1 aliphatic rings. The zero-order valence-electron chi connectivity index (χ0n) is 17.1. The molecule has 1 amide bonds. The van der Waals surface area contributed by atoms with E-state index in [1.165, 1.54) is 17.3 Å². The maximum Gasteiger partial charge on any atom is 0.237 e. The molecule has 1 aliphatic heterocycles. The van der Waals surface area contributed by atoms with Gasteiger partial charge in [-0.1, -0.05) is 30.0 Å². The topological polar surface area (TPSA) is 72.6 Å². The van der Waals surface area contributed by atoms with Gasteiger partial charge in [-0.25, -0.2) is 0 Å². The third-order valence-electron chi connectivity index (χ3n) is 5.19. The lowest BCUT2D eigenvalue weighted by molar-refractivity contribution is -0.116. The number of rotatable bonds is 6. The maximum absolute atomic E-state index is 12.8. The second-order valence-corrected chi connectivity index (χ2v) is 8.13. The van der Waals surface area contributed by atoms with E-state index in [1.54, 1.807) is 4.52 Å². The minimum Gasteiger partial charge on any atom is -0.494 e. The van der Waals surface area contributed by atoms with E-state index in [4.69, 9.17) is 4.74 Å².